The van der Waals surface area contributed by atoms with Gasteiger partial charge >= 0.3 is 0 Å². The van der Waals surface area contributed by atoms with Crippen LogP contribution in [-0.4, -0.2) is 38.4 Å². The highest BCUT2D eigenvalue weighted by atomic mass is 15.1. The zero-order chi connectivity index (χ0) is 15.2. The van der Waals surface area contributed by atoms with Crippen molar-refractivity contribution in [2.75, 3.05) is 13.6 Å². The standard InChI is InChI=1S/C16H30BN3/c1-6-10-15(4)19-14-20(13-9-12-18-5)17-16(8-3)11-7-2/h6,10,12,14,16-17H,4,7-9,11,13H2,1-3,5H3/b10-6-,18-12-,19-14-. The summed E-state index contributed by atoms with van der Waals surface area (Å²) in [5, 5.41) is 0. The number of hydrogen-bond donors (Lipinski definition) is 0. The Balaban J connectivity index is 4.57. The largest absolute Gasteiger partial charge is 0.409 e. The van der Waals surface area contributed by atoms with Crippen molar-refractivity contribution in [2.45, 2.75) is 52.3 Å². The Hall–Kier alpha value is -1.32. The summed E-state index contributed by atoms with van der Waals surface area (Å²) in [5.41, 5.74) is 0.796. The van der Waals surface area contributed by atoms with Gasteiger partial charge in [-0.05, 0) is 25.2 Å². The smallest absolute Gasteiger partial charge is 0.240 e. The molecule has 4 heteroatoms. The van der Waals surface area contributed by atoms with Crippen LogP contribution in [0.5, 0.6) is 0 Å². The summed E-state index contributed by atoms with van der Waals surface area (Å²) in [6.45, 7) is 11.4. The minimum absolute atomic E-state index is 0.736. The van der Waals surface area contributed by atoms with Gasteiger partial charge in [0.05, 0.1) is 12.0 Å². The van der Waals surface area contributed by atoms with Crippen LogP contribution in [0.25, 0.3) is 0 Å². The molecule has 0 aromatic heterocycles. The van der Waals surface area contributed by atoms with Crippen LogP contribution in [0.4, 0.5) is 0 Å². The summed E-state index contributed by atoms with van der Waals surface area (Å²) in [6.07, 6.45) is 12.5. The Morgan fingerprint density at radius 3 is 2.70 bits per heavy atom. The van der Waals surface area contributed by atoms with Crippen molar-refractivity contribution >= 4 is 20.0 Å². The first kappa shape index (κ1) is 18.7. The molecule has 3 nitrogen and oxygen atoms in total. The molecular weight excluding hydrogens is 245 g/mol. The second-order valence-electron chi connectivity index (χ2n) is 5.02. The van der Waals surface area contributed by atoms with Crippen LogP contribution in [0.15, 0.2) is 34.4 Å². The lowest BCUT2D eigenvalue weighted by Crippen LogP contribution is -2.31. The van der Waals surface area contributed by atoms with E-state index in [0.29, 0.717) is 0 Å². The maximum Gasteiger partial charge on any atom is 0.240 e. The van der Waals surface area contributed by atoms with E-state index in [9.17, 15) is 0 Å². The first-order valence-electron chi connectivity index (χ1n) is 7.68. The molecule has 112 valence electrons. The van der Waals surface area contributed by atoms with Gasteiger partial charge in [-0.15, -0.1) is 0 Å². The fourth-order valence-corrected chi connectivity index (χ4v) is 2.10. The minimum atomic E-state index is 0.736. The van der Waals surface area contributed by atoms with Gasteiger partial charge in [-0.1, -0.05) is 45.8 Å². The molecule has 0 saturated heterocycles. The van der Waals surface area contributed by atoms with E-state index in [1.165, 1.54) is 19.3 Å². The van der Waals surface area contributed by atoms with E-state index >= 15 is 0 Å². The predicted octanol–water partition coefficient (Wildman–Crippen LogP) is 3.85. The molecule has 0 aromatic carbocycles. The lowest BCUT2D eigenvalue weighted by atomic mass is 9.69. The van der Waals surface area contributed by atoms with Crippen LogP contribution in [-0.2, 0) is 0 Å². The molecule has 0 saturated carbocycles. The number of rotatable bonds is 11. The summed E-state index contributed by atoms with van der Waals surface area (Å²) in [7, 11) is 2.88. The zero-order valence-electron chi connectivity index (χ0n) is 13.7. The molecule has 0 aliphatic carbocycles. The minimum Gasteiger partial charge on any atom is -0.409 e. The van der Waals surface area contributed by atoms with Crippen molar-refractivity contribution in [2.24, 2.45) is 9.98 Å². The Bertz CT molecular complexity index is 335. The summed E-state index contributed by atoms with van der Waals surface area (Å²) in [4.78, 5) is 10.8. The van der Waals surface area contributed by atoms with Crippen LogP contribution in [0.1, 0.15) is 46.5 Å². The molecule has 0 fully saturated rings. The summed E-state index contributed by atoms with van der Waals surface area (Å²) in [6, 6.07) is 0. The first-order valence-corrected chi connectivity index (χ1v) is 7.68. The molecule has 0 aromatic rings. The van der Waals surface area contributed by atoms with Crippen LogP contribution in [0.2, 0.25) is 5.82 Å². The highest BCUT2D eigenvalue weighted by molar-refractivity contribution is 6.37. The second-order valence-corrected chi connectivity index (χ2v) is 5.02. The molecule has 0 radical (unpaired) electrons. The van der Waals surface area contributed by atoms with Gasteiger partial charge in [0.25, 0.3) is 0 Å². The molecule has 1 atom stereocenters. The lowest BCUT2D eigenvalue weighted by Gasteiger charge is -2.23. The summed E-state index contributed by atoms with van der Waals surface area (Å²) < 4.78 is 0. The Labute approximate surface area is 125 Å². The van der Waals surface area contributed by atoms with Gasteiger partial charge in [0.1, 0.15) is 0 Å². The third kappa shape index (κ3) is 9.59. The van der Waals surface area contributed by atoms with Crippen molar-refractivity contribution in [1.82, 2.24) is 4.81 Å². The Morgan fingerprint density at radius 1 is 1.40 bits per heavy atom. The summed E-state index contributed by atoms with van der Waals surface area (Å²) >= 11 is 0. The number of allylic oxidation sites excluding steroid dienone is 2. The topological polar surface area (TPSA) is 28.0 Å². The maximum absolute atomic E-state index is 4.42. The van der Waals surface area contributed by atoms with E-state index in [4.69, 9.17) is 0 Å². The van der Waals surface area contributed by atoms with Crippen LogP contribution in [0, 0.1) is 0 Å². The molecule has 0 bridgehead atoms. The Morgan fingerprint density at radius 2 is 2.15 bits per heavy atom. The first-order chi connectivity index (χ1) is 9.67. The van der Waals surface area contributed by atoms with Crippen LogP contribution < -0.4 is 0 Å². The third-order valence-corrected chi connectivity index (χ3v) is 3.24. The molecule has 1 unspecified atom stereocenters. The van der Waals surface area contributed by atoms with Gasteiger partial charge < -0.3 is 9.80 Å². The quantitative estimate of drug-likeness (QED) is 0.243. The summed E-state index contributed by atoms with van der Waals surface area (Å²) in [5.74, 6) is 0.736. The zero-order valence-corrected chi connectivity index (χ0v) is 13.7. The normalized spacial score (nSPS) is 13.4. The van der Waals surface area contributed by atoms with E-state index in [0.717, 1.165) is 31.9 Å². The third-order valence-electron chi connectivity index (χ3n) is 3.24. The molecular formula is C16H30BN3. The molecule has 0 heterocycles. The van der Waals surface area contributed by atoms with E-state index in [-0.39, 0.29) is 0 Å². The monoisotopic (exact) mass is 275 g/mol. The van der Waals surface area contributed by atoms with Gasteiger partial charge in [-0.25, -0.2) is 4.99 Å². The van der Waals surface area contributed by atoms with E-state index < -0.39 is 0 Å². The maximum atomic E-state index is 4.42. The fourth-order valence-electron chi connectivity index (χ4n) is 2.10. The van der Waals surface area contributed by atoms with Gasteiger partial charge in [0.15, 0.2) is 0 Å². The predicted molar refractivity (Wildman–Crippen MR) is 94.3 cm³/mol. The van der Waals surface area contributed by atoms with Gasteiger partial charge in [-0.3, -0.25) is 0 Å². The molecule has 0 N–H and O–H groups in total. The lowest BCUT2D eigenvalue weighted by molar-refractivity contribution is 0.613. The number of aliphatic imine (C=N–C) groups is 2. The van der Waals surface area contributed by atoms with E-state index in [2.05, 4.69) is 35.2 Å². The van der Waals surface area contributed by atoms with E-state index in [1.807, 2.05) is 38.7 Å². The molecule has 0 aliphatic heterocycles. The van der Waals surface area contributed by atoms with E-state index in [1.54, 1.807) is 0 Å². The molecule has 0 aliphatic rings. The van der Waals surface area contributed by atoms with Gasteiger partial charge in [0, 0.05) is 19.8 Å². The highest BCUT2D eigenvalue weighted by Gasteiger charge is 2.12. The average Bonchev–Trinajstić information content (AvgIpc) is 2.44. The number of hydrogen-bond acceptors (Lipinski definition) is 2. The highest BCUT2D eigenvalue weighted by Crippen LogP contribution is 2.17. The SMILES string of the molecule is C=C(/C=C\C)/N=C\N(BC(CC)CCC)CC/C=N\C. The molecule has 0 rings (SSSR count). The second kappa shape index (κ2) is 12.7. The Kier molecular flexibility index (Phi) is 11.9. The van der Waals surface area contributed by atoms with Crippen molar-refractivity contribution in [3.63, 3.8) is 0 Å². The van der Waals surface area contributed by atoms with Crippen molar-refractivity contribution < 1.29 is 0 Å². The van der Waals surface area contributed by atoms with Crippen LogP contribution >= 0.6 is 0 Å². The van der Waals surface area contributed by atoms with Crippen LogP contribution in [0.3, 0.4) is 0 Å². The fraction of sp³-hybridized carbons (Fsp3) is 0.625. The number of nitrogens with zero attached hydrogens (tertiary/aromatic N) is 3. The van der Waals surface area contributed by atoms with Gasteiger partial charge in [-0.2, -0.15) is 0 Å². The van der Waals surface area contributed by atoms with Crippen molar-refractivity contribution in [1.29, 1.82) is 0 Å². The molecule has 20 heavy (non-hydrogen) atoms. The van der Waals surface area contributed by atoms with Gasteiger partial charge in [0.2, 0.25) is 7.41 Å². The molecule has 0 amide bonds. The van der Waals surface area contributed by atoms with Crippen molar-refractivity contribution in [3.05, 3.63) is 24.4 Å². The average molecular weight is 275 g/mol. The van der Waals surface area contributed by atoms with Crippen molar-refractivity contribution in [3.8, 4) is 0 Å². The molecule has 0 spiro atoms.